The van der Waals surface area contributed by atoms with Crippen LogP contribution >= 0.6 is 15.9 Å². The molecule has 0 aliphatic heterocycles. The van der Waals surface area contributed by atoms with Crippen molar-refractivity contribution in [1.29, 1.82) is 0 Å². The first kappa shape index (κ1) is 27.3. The summed E-state index contributed by atoms with van der Waals surface area (Å²) in [5.41, 5.74) is 1.30. The molecule has 40 heavy (non-hydrogen) atoms. The Morgan fingerprint density at radius 2 is 1.73 bits per heavy atom. The first-order valence-electron chi connectivity index (χ1n) is 11.9. The Balaban J connectivity index is 1.62. The lowest BCUT2D eigenvalue weighted by Crippen LogP contribution is -2.31. The van der Waals surface area contributed by atoms with Gasteiger partial charge in [0.25, 0.3) is 15.6 Å². The van der Waals surface area contributed by atoms with Gasteiger partial charge in [-0.15, -0.1) is 0 Å². The van der Waals surface area contributed by atoms with E-state index >= 15 is 0 Å². The van der Waals surface area contributed by atoms with Crippen molar-refractivity contribution in [2.45, 2.75) is 11.4 Å². The largest absolute Gasteiger partial charge is 0.497 e. The predicted molar refractivity (Wildman–Crippen MR) is 153 cm³/mol. The number of anilines is 1. The number of pyridine rings is 1. The summed E-state index contributed by atoms with van der Waals surface area (Å²) in [5, 5.41) is 0.528. The predicted octanol–water partition coefficient (Wildman–Crippen LogP) is 5.16. The summed E-state index contributed by atoms with van der Waals surface area (Å²) in [6, 6.07) is 17.8. The van der Waals surface area contributed by atoms with E-state index in [0.29, 0.717) is 39.4 Å². The molecule has 0 amide bonds. The summed E-state index contributed by atoms with van der Waals surface area (Å²) in [5.74, 6) is 1.48. The van der Waals surface area contributed by atoms with Gasteiger partial charge in [-0.05, 0) is 54.6 Å². The molecule has 0 aliphatic rings. The van der Waals surface area contributed by atoms with Gasteiger partial charge in [-0.1, -0.05) is 15.9 Å². The number of hydrogen-bond acceptors (Lipinski definition) is 8. The van der Waals surface area contributed by atoms with Crippen LogP contribution in [0.3, 0.4) is 0 Å². The second-order valence-electron chi connectivity index (χ2n) is 8.55. The monoisotopic (exact) mass is 625 g/mol. The highest BCUT2D eigenvalue weighted by molar-refractivity contribution is 9.10. The van der Waals surface area contributed by atoms with E-state index < -0.39 is 10.0 Å². The zero-order valence-electron chi connectivity index (χ0n) is 21.7. The molecule has 0 N–H and O–H groups in total. The summed E-state index contributed by atoms with van der Waals surface area (Å²) >= 11 is 3.41. The van der Waals surface area contributed by atoms with Gasteiger partial charge >= 0.3 is 6.01 Å². The van der Waals surface area contributed by atoms with Gasteiger partial charge in [-0.3, -0.25) is 9.36 Å². The molecule has 0 bridgehead atoms. The summed E-state index contributed by atoms with van der Waals surface area (Å²) in [6.45, 7) is -0.121. The number of halogens is 1. The SMILES string of the molecule is COc1ccc(CN(c2ncco2)S(=O)(=O)c2ccc3c(ccc(=O)n3-c3ccc(Br)cc3OC)c2)c(OC)c1. The Morgan fingerprint density at radius 3 is 2.42 bits per heavy atom. The number of hydrogen-bond donors (Lipinski definition) is 0. The van der Waals surface area contributed by atoms with Gasteiger partial charge in [-0.2, -0.15) is 0 Å². The standard InChI is InChI=1S/C28H24BrN3O7S/c1-36-21-7-4-19(25(16-21)37-2)17-31(28-30-12-13-39-28)40(34,35)22-8-10-23-18(14-22)5-11-27(33)32(23)24-9-6-20(29)15-26(24)38-3/h4-16H,17H2,1-3H3. The third-order valence-electron chi connectivity index (χ3n) is 6.28. The number of oxazole rings is 1. The van der Waals surface area contributed by atoms with Crippen LogP contribution in [0.5, 0.6) is 17.2 Å². The molecule has 0 radical (unpaired) electrons. The smallest absolute Gasteiger partial charge is 0.311 e. The number of aromatic nitrogens is 2. The Bertz CT molecular complexity index is 1850. The maximum Gasteiger partial charge on any atom is 0.311 e. The van der Waals surface area contributed by atoms with E-state index in [1.807, 2.05) is 0 Å². The van der Waals surface area contributed by atoms with Crippen molar-refractivity contribution in [3.8, 4) is 22.9 Å². The number of benzene rings is 3. The van der Waals surface area contributed by atoms with E-state index in [2.05, 4.69) is 20.9 Å². The van der Waals surface area contributed by atoms with Gasteiger partial charge in [0, 0.05) is 27.6 Å². The van der Waals surface area contributed by atoms with Gasteiger partial charge in [0.1, 0.15) is 23.5 Å². The minimum absolute atomic E-state index is 0.0151. The van der Waals surface area contributed by atoms with Crippen molar-refractivity contribution in [2.75, 3.05) is 25.6 Å². The highest BCUT2D eigenvalue weighted by atomic mass is 79.9. The lowest BCUT2D eigenvalue weighted by atomic mass is 10.2. The molecule has 5 rings (SSSR count). The van der Waals surface area contributed by atoms with Crippen molar-refractivity contribution >= 4 is 42.9 Å². The Labute approximate surface area is 238 Å². The molecule has 10 nitrogen and oxygen atoms in total. The number of sulfonamides is 1. The molecule has 5 aromatic rings. The van der Waals surface area contributed by atoms with Crippen molar-refractivity contribution in [3.63, 3.8) is 0 Å². The molecular formula is C28H24BrN3O7S. The first-order valence-corrected chi connectivity index (χ1v) is 14.1. The van der Waals surface area contributed by atoms with Crippen LogP contribution in [-0.2, 0) is 16.6 Å². The average Bonchev–Trinajstić information content (AvgIpc) is 3.50. The van der Waals surface area contributed by atoms with Crippen LogP contribution in [0.25, 0.3) is 16.6 Å². The molecule has 0 atom stereocenters. The van der Waals surface area contributed by atoms with Crippen LogP contribution in [0.15, 0.2) is 97.8 Å². The van der Waals surface area contributed by atoms with Crippen LogP contribution in [0.4, 0.5) is 6.01 Å². The van der Waals surface area contributed by atoms with E-state index in [9.17, 15) is 13.2 Å². The molecule has 0 unspecified atom stereocenters. The second-order valence-corrected chi connectivity index (χ2v) is 11.3. The van der Waals surface area contributed by atoms with Crippen molar-refractivity contribution in [3.05, 3.63) is 99.6 Å². The zero-order valence-corrected chi connectivity index (χ0v) is 24.1. The van der Waals surface area contributed by atoms with Crippen LogP contribution < -0.4 is 24.1 Å². The summed E-state index contributed by atoms with van der Waals surface area (Å²) in [7, 11) is 0.350. The second kappa shape index (κ2) is 11.1. The summed E-state index contributed by atoms with van der Waals surface area (Å²) in [4.78, 5) is 17.1. The molecule has 0 saturated heterocycles. The van der Waals surface area contributed by atoms with E-state index in [1.54, 1.807) is 48.5 Å². The molecule has 0 spiro atoms. The highest BCUT2D eigenvalue weighted by Gasteiger charge is 2.30. The Kier molecular flexibility index (Phi) is 7.55. The highest BCUT2D eigenvalue weighted by Crippen LogP contribution is 2.32. The van der Waals surface area contributed by atoms with Gasteiger partial charge < -0.3 is 18.6 Å². The number of rotatable bonds is 9. The number of fused-ring (bicyclic) bond motifs is 1. The lowest BCUT2D eigenvalue weighted by molar-refractivity contribution is 0.391. The molecule has 12 heteroatoms. The van der Waals surface area contributed by atoms with E-state index in [4.69, 9.17) is 18.6 Å². The van der Waals surface area contributed by atoms with Crippen LogP contribution in [0, 0.1) is 0 Å². The molecule has 0 aliphatic carbocycles. The lowest BCUT2D eigenvalue weighted by Gasteiger charge is -2.22. The van der Waals surface area contributed by atoms with Crippen LogP contribution in [-0.4, -0.2) is 39.3 Å². The van der Waals surface area contributed by atoms with Crippen molar-refractivity contribution in [2.24, 2.45) is 0 Å². The quantitative estimate of drug-likeness (QED) is 0.221. The topological polar surface area (TPSA) is 113 Å². The molecule has 3 aromatic carbocycles. The maximum absolute atomic E-state index is 14.0. The van der Waals surface area contributed by atoms with Crippen LogP contribution in [0.2, 0.25) is 0 Å². The third kappa shape index (κ3) is 5.03. The first-order chi connectivity index (χ1) is 19.3. The molecule has 206 valence electrons. The van der Waals surface area contributed by atoms with E-state index in [1.165, 1.54) is 56.6 Å². The fourth-order valence-electron chi connectivity index (χ4n) is 4.33. The van der Waals surface area contributed by atoms with Crippen LogP contribution in [0.1, 0.15) is 5.56 Å². The Morgan fingerprint density at radius 1 is 0.925 bits per heavy atom. The Hall–Kier alpha value is -4.29. The van der Waals surface area contributed by atoms with Crippen molar-refractivity contribution < 1.29 is 27.0 Å². The normalized spacial score (nSPS) is 11.4. The fourth-order valence-corrected chi connectivity index (χ4v) is 6.04. The molecule has 2 aromatic heterocycles. The minimum Gasteiger partial charge on any atom is -0.497 e. The van der Waals surface area contributed by atoms with E-state index in [-0.39, 0.29) is 23.0 Å². The molecule has 0 saturated carbocycles. The zero-order chi connectivity index (χ0) is 28.4. The van der Waals surface area contributed by atoms with Gasteiger partial charge in [0.15, 0.2) is 0 Å². The maximum atomic E-state index is 14.0. The number of nitrogens with zero attached hydrogens (tertiary/aromatic N) is 3. The molecule has 2 heterocycles. The molecular weight excluding hydrogens is 602 g/mol. The number of ether oxygens (including phenoxy) is 3. The van der Waals surface area contributed by atoms with Crippen molar-refractivity contribution in [1.82, 2.24) is 9.55 Å². The third-order valence-corrected chi connectivity index (χ3v) is 8.49. The number of methoxy groups -OCH3 is 3. The van der Waals surface area contributed by atoms with E-state index in [0.717, 1.165) is 8.78 Å². The minimum atomic E-state index is -4.19. The fraction of sp³-hybridized carbons (Fsp3) is 0.143. The van der Waals surface area contributed by atoms with Gasteiger partial charge in [0.2, 0.25) is 0 Å². The summed E-state index contributed by atoms with van der Waals surface area (Å²) in [6.07, 6.45) is 2.67. The van der Waals surface area contributed by atoms with Gasteiger partial charge in [-0.25, -0.2) is 17.7 Å². The molecule has 0 fully saturated rings. The summed E-state index contributed by atoms with van der Waals surface area (Å²) < 4.78 is 53.0. The van der Waals surface area contributed by atoms with Gasteiger partial charge in [0.05, 0.1) is 50.2 Å². The average molecular weight is 626 g/mol.